The molecule has 0 radical (unpaired) electrons. The first-order valence-corrected chi connectivity index (χ1v) is 10.6. The van der Waals surface area contributed by atoms with Gasteiger partial charge in [0.25, 0.3) is 5.91 Å². The molecule has 8 heteroatoms. The highest BCUT2D eigenvalue weighted by atomic mass is 35.5. The average molecular weight is 467 g/mol. The van der Waals surface area contributed by atoms with E-state index in [0.29, 0.717) is 39.8 Å². The number of methoxy groups -OCH3 is 1. The SMILES string of the molecule is CCCOc1ccc(C(=O)Oc2ccc(/C=N\NC(=O)c3ccc(Cl)cc3)cc2OC)cc1. The van der Waals surface area contributed by atoms with Gasteiger partial charge in [-0.25, -0.2) is 10.2 Å². The molecule has 3 aromatic rings. The van der Waals surface area contributed by atoms with Crippen LogP contribution in [0.5, 0.6) is 17.2 Å². The van der Waals surface area contributed by atoms with Crippen LogP contribution in [0.2, 0.25) is 5.02 Å². The van der Waals surface area contributed by atoms with E-state index in [0.717, 1.165) is 6.42 Å². The highest BCUT2D eigenvalue weighted by Crippen LogP contribution is 2.28. The smallest absolute Gasteiger partial charge is 0.343 e. The van der Waals surface area contributed by atoms with Crippen LogP contribution in [0, 0.1) is 0 Å². The van der Waals surface area contributed by atoms with E-state index in [1.807, 2.05) is 6.92 Å². The van der Waals surface area contributed by atoms with Gasteiger partial charge in [0.05, 0.1) is 25.5 Å². The monoisotopic (exact) mass is 466 g/mol. The van der Waals surface area contributed by atoms with Gasteiger partial charge >= 0.3 is 5.97 Å². The van der Waals surface area contributed by atoms with Crippen molar-refractivity contribution in [3.8, 4) is 17.2 Å². The van der Waals surface area contributed by atoms with E-state index < -0.39 is 5.97 Å². The summed E-state index contributed by atoms with van der Waals surface area (Å²) in [7, 11) is 1.47. The first-order chi connectivity index (χ1) is 16.0. The molecule has 0 saturated heterocycles. The number of nitrogens with zero attached hydrogens (tertiary/aromatic N) is 1. The fraction of sp³-hybridized carbons (Fsp3) is 0.160. The molecule has 0 aliphatic rings. The van der Waals surface area contributed by atoms with E-state index in [9.17, 15) is 9.59 Å². The molecule has 3 aromatic carbocycles. The molecule has 0 saturated carbocycles. The summed E-state index contributed by atoms with van der Waals surface area (Å²) in [5, 5.41) is 4.49. The maximum absolute atomic E-state index is 12.5. The summed E-state index contributed by atoms with van der Waals surface area (Å²) in [4.78, 5) is 24.6. The van der Waals surface area contributed by atoms with E-state index in [2.05, 4.69) is 10.5 Å². The first-order valence-electron chi connectivity index (χ1n) is 10.2. The standard InChI is InChI=1S/C25H23ClN2O5/c1-3-14-32-21-11-7-19(8-12-21)25(30)33-22-13-4-17(15-23(22)31-2)16-27-28-24(29)18-5-9-20(26)10-6-18/h4-13,15-16H,3,14H2,1-2H3,(H,28,29)/b27-16-. The highest BCUT2D eigenvalue weighted by Gasteiger charge is 2.13. The Bertz CT molecular complexity index is 1130. The van der Waals surface area contributed by atoms with Crippen LogP contribution in [0.3, 0.4) is 0 Å². The molecule has 0 heterocycles. The van der Waals surface area contributed by atoms with E-state index in [4.69, 9.17) is 25.8 Å². The summed E-state index contributed by atoms with van der Waals surface area (Å²) >= 11 is 5.82. The van der Waals surface area contributed by atoms with Gasteiger partial charge in [-0.2, -0.15) is 5.10 Å². The number of esters is 1. The predicted octanol–water partition coefficient (Wildman–Crippen LogP) is 5.12. The molecule has 1 N–H and O–H groups in total. The third-order valence-electron chi connectivity index (χ3n) is 4.44. The van der Waals surface area contributed by atoms with Crippen molar-refractivity contribution in [2.24, 2.45) is 5.10 Å². The van der Waals surface area contributed by atoms with Crippen LogP contribution in [0.25, 0.3) is 0 Å². The number of nitrogens with one attached hydrogen (secondary N) is 1. The third-order valence-corrected chi connectivity index (χ3v) is 4.69. The lowest BCUT2D eigenvalue weighted by molar-refractivity contribution is 0.0729. The van der Waals surface area contributed by atoms with E-state index in [1.54, 1.807) is 66.7 Å². The van der Waals surface area contributed by atoms with Gasteiger partial charge < -0.3 is 14.2 Å². The van der Waals surface area contributed by atoms with Crippen molar-refractivity contribution in [2.45, 2.75) is 13.3 Å². The van der Waals surface area contributed by atoms with Gasteiger partial charge in [0.15, 0.2) is 11.5 Å². The first kappa shape index (κ1) is 23.8. The predicted molar refractivity (Wildman–Crippen MR) is 127 cm³/mol. The molecule has 0 fully saturated rings. The molecule has 0 atom stereocenters. The van der Waals surface area contributed by atoms with Gasteiger partial charge in [-0.3, -0.25) is 4.79 Å². The Kier molecular flexibility index (Phi) is 8.43. The molecular weight excluding hydrogens is 444 g/mol. The number of amides is 1. The lowest BCUT2D eigenvalue weighted by Gasteiger charge is -2.10. The van der Waals surface area contributed by atoms with Crippen molar-refractivity contribution < 1.29 is 23.8 Å². The number of halogens is 1. The van der Waals surface area contributed by atoms with Gasteiger partial charge in [-0.15, -0.1) is 0 Å². The maximum Gasteiger partial charge on any atom is 0.343 e. The molecule has 3 rings (SSSR count). The van der Waals surface area contributed by atoms with Gasteiger partial charge in [0, 0.05) is 10.6 Å². The van der Waals surface area contributed by atoms with E-state index >= 15 is 0 Å². The number of hydrogen-bond donors (Lipinski definition) is 1. The second-order valence-electron chi connectivity index (χ2n) is 6.88. The summed E-state index contributed by atoms with van der Waals surface area (Å²) in [5.74, 6) is 0.409. The Labute approximate surface area is 196 Å². The number of hydrazone groups is 1. The highest BCUT2D eigenvalue weighted by molar-refractivity contribution is 6.30. The quantitative estimate of drug-likeness (QED) is 0.205. The molecule has 170 valence electrons. The van der Waals surface area contributed by atoms with Crippen molar-refractivity contribution in [1.29, 1.82) is 0 Å². The van der Waals surface area contributed by atoms with Gasteiger partial charge in [-0.1, -0.05) is 18.5 Å². The molecule has 0 bridgehead atoms. The molecule has 0 aliphatic carbocycles. The van der Waals surface area contributed by atoms with E-state index in [-0.39, 0.29) is 11.7 Å². The van der Waals surface area contributed by atoms with E-state index in [1.165, 1.54) is 13.3 Å². The van der Waals surface area contributed by atoms with Crippen molar-refractivity contribution in [3.63, 3.8) is 0 Å². The number of hydrogen-bond acceptors (Lipinski definition) is 6. The van der Waals surface area contributed by atoms with Crippen LogP contribution in [-0.2, 0) is 0 Å². The summed E-state index contributed by atoms with van der Waals surface area (Å²) in [6, 6.07) is 18.1. The lowest BCUT2D eigenvalue weighted by atomic mass is 10.2. The summed E-state index contributed by atoms with van der Waals surface area (Å²) in [6.07, 6.45) is 2.36. The molecule has 33 heavy (non-hydrogen) atoms. The van der Waals surface area contributed by atoms with Crippen molar-refractivity contribution in [2.75, 3.05) is 13.7 Å². The van der Waals surface area contributed by atoms with Crippen LogP contribution in [-0.4, -0.2) is 31.8 Å². The zero-order valence-electron chi connectivity index (χ0n) is 18.2. The number of rotatable bonds is 9. The third kappa shape index (κ3) is 6.82. The van der Waals surface area contributed by atoms with Crippen molar-refractivity contribution in [1.82, 2.24) is 5.43 Å². The number of carbonyl (C=O) groups is 2. The molecule has 0 spiro atoms. The van der Waals surface area contributed by atoms with Crippen molar-refractivity contribution in [3.05, 3.63) is 88.4 Å². The molecular formula is C25H23ClN2O5. The Morgan fingerprint density at radius 1 is 0.970 bits per heavy atom. The fourth-order valence-electron chi connectivity index (χ4n) is 2.75. The fourth-order valence-corrected chi connectivity index (χ4v) is 2.87. The summed E-state index contributed by atoms with van der Waals surface area (Å²) in [6.45, 7) is 2.63. The van der Waals surface area contributed by atoms with Gasteiger partial charge in [0.1, 0.15) is 5.75 Å². The second kappa shape index (κ2) is 11.7. The van der Waals surface area contributed by atoms with Crippen LogP contribution in [0.4, 0.5) is 0 Å². The molecule has 1 amide bonds. The molecule has 7 nitrogen and oxygen atoms in total. The zero-order chi connectivity index (χ0) is 23.6. The topological polar surface area (TPSA) is 86.2 Å². The maximum atomic E-state index is 12.5. The minimum absolute atomic E-state index is 0.260. The number of carbonyl (C=O) groups excluding carboxylic acids is 2. The largest absolute Gasteiger partial charge is 0.494 e. The lowest BCUT2D eigenvalue weighted by Crippen LogP contribution is -2.17. The van der Waals surface area contributed by atoms with Crippen molar-refractivity contribution >= 4 is 29.7 Å². The number of benzene rings is 3. The van der Waals surface area contributed by atoms with Crippen LogP contribution >= 0.6 is 11.6 Å². The Balaban J connectivity index is 1.62. The Morgan fingerprint density at radius 2 is 1.67 bits per heavy atom. The van der Waals surface area contributed by atoms with Crippen LogP contribution in [0.15, 0.2) is 71.8 Å². The molecule has 0 unspecified atom stereocenters. The summed E-state index contributed by atoms with van der Waals surface area (Å²) < 4.78 is 16.3. The van der Waals surface area contributed by atoms with Crippen LogP contribution < -0.4 is 19.6 Å². The zero-order valence-corrected chi connectivity index (χ0v) is 19.0. The summed E-state index contributed by atoms with van der Waals surface area (Å²) in [5.41, 5.74) is 3.90. The number of ether oxygens (including phenoxy) is 3. The minimum Gasteiger partial charge on any atom is -0.494 e. The van der Waals surface area contributed by atoms with Crippen LogP contribution in [0.1, 0.15) is 39.6 Å². The molecule has 0 aliphatic heterocycles. The Hall–Kier alpha value is -3.84. The normalized spacial score (nSPS) is 10.6. The van der Waals surface area contributed by atoms with Gasteiger partial charge in [-0.05, 0) is 78.7 Å². The average Bonchev–Trinajstić information content (AvgIpc) is 2.84. The minimum atomic E-state index is -0.521. The molecule has 0 aromatic heterocycles. The Morgan fingerprint density at radius 3 is 2.33 bits per heavy atom. The second-order valence-corrected chi connectivity index (χ2v) is 7.32. The van der Waals surface area contributed by atoms with Gasteiger partial charge in [0.2, 0.25) is 0 Å².